The molecule has 0 aromatic heterocycles. The predicted octanol–water partition coefficient (Wildman–Crippen LogP) is 7.09. The molecule has 4 aliphatic rings. The van der Waals surface area contributed by atoms with Crippen molar-refractivity contribution in [3.8, 4) is 44.5 Å². The summed E-state index contributed by atoms with van der Waals surface area (Å²) in [5, 5.41) is 10.4. The summed E-state index contributed by atoms with van der Waals surface area (Å²) in [6, 6.07) is 60.8. The van der Waals surface area contributed by atoms with Crippen molar-refractivity contribution in [1.82, 2.24) is 0 Å². The van der Waals surface area contributed by atoms with Gasteiger partial charge in [-0.3, -0.25) is 9.59 Å². The third kappa shape index (κ3) is 4.34. The van der Waals surface area contributed by atoms with E-state index in [2.05, 4.69) is 196 Å². The third-order valence-corrected chi connectivity index (χ3v) is 26.3. The second-order valence-electron chi connectivity index (χ2n) is 17.8. The third-order valence-electron chi connectivity index (χ3n) is 14.3. The highest BCUT2D eigenvalue weighted by Gasteiger charge is 2.54. The molecule has 0 saturated heterocycles. The highest BCUT2D eigenvalue weighted by molar-refractivity contribution is 7.24. The minimum Gasteiger partial charge on any atom is -0.289 e. The van der Waals surface area contributed by atoms with Crippen molar-refractivity contribution in [2.24, 2.45) is 0 Å². The monoisotopic (exact) mass is 804 g/mol. The SMILES string of the molecule is C[Si]1(C)c2ccccc2-c2cccc(C(=O)c3ccc4c(c3)[Si]3(c5ccccc5-4)c4ccccc4-c4ccc(C(=O)c5cccc6c5[Si](C)(C)c5ccccc5-6)cc43)c21. The molecule has 0 saturated carbocycles. The fourth-order valence-corrected chi connectivity index (χ4v) is 24.3. The van der Waals surface area contributed by atoms with Gasteiger partial charge < -0.3 is 0 Å². The number of carbonyl (C=O) groups is 2. The van der Waals surface area contributed by atoms with Gasteiger partial charge in [0.2, 0.25) is 0 Å². The molecule has 0 unspecified atom stereocenters. The lowest BCUT2D eigenvalue weighted by Gasteiger charge is -2.28. The first-order valence-corrected chi connectivity index (χ1v) is 28.7. The largest absolute Gasteiger partial charge is 0.289 e. The second kappa shape index (κ2) is 11.9. The lowest BCUT2D eigenvalue weighted by atomic mass is 9.96. The Morgan fingerprint density at radius 2 is 0.644 bits per heavy atom. The van der Waals surface area contributed by atoms with E-state index < -0.39 is 24.2 Å². The average molecular weight is 805 g/mol. The maximum Gasteiger partial charge on any atom is 0.192 e. The summed E-state index contributed by atoms with van der Waals surface area (Å²) < 4.78 is 0. The molecular weight excluding hydrogens is 765 g/mol. The standard InChI is InChI=1S/C54H40O2Si3/c1-57(2)45-23-9-5-17-37(45)41-19-13-21-43(53(41)57)51(55)33-27-29-39-35-15-7-11-25-47(35)59(49(39)31-33)48-26-12-8-16-36(48)40-30-28-34(32-50(40)59)52(56)44-22-14-20-42-38-18-6-10-24-46(38)58(3,4)54(42)44/h5-32H,1-4H3. The summed E-state index contributed by atoms with van der Waals surface area (Å²) in [5.41, 5.74) is 12.9. The smallest absolute Gasteiger partial charge is 0.192 e. The van der Waals surface area contributed by atoms with Gasteiger partial charge in [-0.25, -0.2) is 0 Å². The van der Waals surface area contributed by atoms with Crippen LogP contribution in [0.25, 0.3) is 44.5 Å². The number of benzene rings is 8. The van der Waals surface area contributed by atoms with Crippen molar-refractivity contribution in [2.75, 3.05) is 0 Å². The van der Waals surface area contributed by atoms with Crippen LogP contribution in [0.1, 0.15) is 31.8 Å². The number of ketones is 2. The Balaban J connectivity index is 1.06. The highest BCUT2D eigenvalue weighted by atomic mass is 28.3. The van der Waals surface area contributed by atoms with Crippen LogP contribution in [0.2, 0.25) is 26.2 Å². The number of carbonyl (C=O) groups excluding carboxylic acids is 2. The Hall–Kier alpha value is -6.25. The predicted molar refractivity (Wildman–Crippen MR) is 252 cm³/mol. The first-order valence-electron chi connectivity index (χ1n) is 20.7. The van der Waals surface area contributed by atoms with Crippen molar-refractivity contribution in [3.63, 3.8) is 0 Å². The Morgan fingerprint density at radius 1 is 0.322 bits per heavy atom. The van der Waals surface area contributed by atoms with E-state index in [0.29, 0.717) is 0 Å². The molecule has 5 heteroatoms. The summed E-state index contributed by atoms with van der Waals surface area (Å²) in [5.74, 6) is 0.165. The Kier molecular flexibility index (Phi) is 7.02. The molecule has 0 atom stereocenters. The van der Waals surface area contributed by atoms with Crippen LogP contribution < -0.4 is 41.5 Å². The fourth-order valence-electron chi connectivity index (χ4n) is 11.8. The molecule has 4 heterocycles. The van der Waals surface area contributed by atoms with Crippen LogP contribution in [-0.4, -0.2) is 35.8 Å². The highest BCUT2D eigenvalue weighted by Crippen LogP contribution is 2.38. The van der Waals surface area contributed by atoms with Gasteiger partial charge in [0.25, 0.3) is 0 Å². The molecule has 1 spiro atoms. The lowest BCUT2D eigenvalue weighted by Crippen LogP contribution is -2.70. The fraction of sp³-hybridized carbons (Fsp3) is 0.0741. The second-order valence-corrected chi connectivity index (χ2v) is 30.0. The van der Waals surface area contributed by atoms with Crippen LogP contribution in [0.4, 0.5) is 0 Å². The number of hydrogen-bond donors (Lipinski definition) is 0. The van der Waals surface area contributed by atoms with Gasteiger partial charge in [-0.05, 0) is 86.0 Å². The molecule has 59 heavy (non-hydrogen) atoms. The maximum atomic E-state index is 15.1. The first-order chi connectivity index (χ1) is 28.6. The summed E-state index contributed by atoms with van der Waals surface area (Å²) in [4.78, 5) is 30.3. The van der Waals surface area contributed by atoms with Gasteiger partial charge in [0.1, 0.15) is 16.1 Å². The molecule has 2 nitrogen and oxygen atoms in total. The topological polar surface area (TPSA) is 34.1 Å². The van der Waals surface area contributed by atoms with E-state index >= 15 is 9.59 Å². The van der Waals surface area contributed by atoms with E-state index in [1.54, 1.807) is 0 Å². The molecule has 0 radical (unpaired) electrons. The van der Waals surface area contributed by atoms with Crippen LogP contribution in [0.5, 0.6) is 0 Å². The minimum atomic E-state index is -3.00. The number of fused-ring (bicyclic) bond motifs is 16. The van der Waals surface area contributed by atoms with E-state index in [1.165, 1.54) is 86.0 Å². The summed E-state index contributed by atoms with van der Waals surface area (Å²) in [7, 11) is -7.28. The van der Waals surface area contributed by atoms with Gasteiger partial charge in [0.15, 0.2) is 19.6 Å². The molecule has 0 fully saturated rings. The van der Waals surface area contributed by atoms with Gasteiger partial charge in [0, 0.05) is 22.3 Å². The van der Waals surface area contributed by atoms with Crippen molar-refractivity contribution in [1.29, 1.82) is 0 Å². The van der Waals surface area contributed by atoms with E-state index in [0.717, 1.165) is 22.3 Å². The Labute approximate surface area is 347 Å². The molecule has 4 aliphatic heterocycles. The normalized spacial score (nSPS) is 15.7. The first kappa shape index (κ1) is 34.8. The average Bonchev–Trinajstić information content (AvgIpc) is 3.91. The Morgan fingerprint density at radius 3 is 1.05 bits per heavy atom. The zero-order valence-corrected chi connectivity index (χ0v) is 36.5. The molecule has 0 aliphatic carbocycles. The number of hydrogen-bond acceptors (Lipinski definition) is 2. The molecule has 280 valence electrons. The molecule has 0 N–H and O–H groups in total. The molecule has 0 amide bonds. The zero-order chi connectivity index (χ0) is 40.0. The summed E-state index contributed by atoms with van der Waals surface area (Å²) >= 11 is 0. The number of rotatable bonds is 4. The van der Waals surface area contributed by atoms with Crippen LogP contribution in [0.15, 0.2) is 170 Å². The quantitative estimate of drug-likeness (QED) is 0.141. The van der Waals surface area contributed by atoms with Crippen LogP contribution in [-0.2, 0) is 0 Å². The van der Waals surface area contributed by atoms with Crippen LogP contribution in [0.3, 0.4) is 0 Å². The van der Waals surface area contributed by atoms with Gasteiger partial charge >= 0.3 is 0 Å². The van der Waals surface area contributed by atoms with Crippen LogP contribution in [0, 0.1) is 0 Å². The molecule has 0 bridgehead atoms. The van der Waals surface area contributed by atoms with Gasteiger partial charge in [-0.15, -0.1) is 0 Å². The van der Waals surface area contributed by atoms with Crippen molar-refractivity contribution < 1.29 is 9.59 Å². The van der Waals surface area contributed by atoms with E-state index in [-0.39, 0.29) is 11.6 Å². The molecular formula is C54H40O2Si3. The summed E-state index contributed by atoms with van der Waals surface area (Å²) in [6.45, 7) is 9.53. The maximum absolute atomic E-state index is 15.1. The lowest BCUT2D eigenvalue weighted by molar-refractivity contribution is 0.103. The molecule has 12 rings (SSSR count). The minimum absolute atomic E-state index is 0.0827. The summed E-state index contributed by atoms with van der Waals surface area (Å²) in [6.07, 6.45) is 0. The van der Waals surface area contributed by atoms with Gasteiger partial charge in [-0.1, -0.05) is 196 Å². The van der Waals surface area contributed by atoms with Gasteiger partial charge in [0.05, 0.1) is 0 Å². The van der Waals surface area contributed by atoms with Crippen molar-refractivity contribution >= 4 is 77.3 Å². The zero-order valence-electron chi connectivity index (χ0n) is 33.5. The molecule has 8 aromatic carbocycles. The van der Waals surface area contributed by atoms with Gasteiger partial charge in [-0.2, -0.15) is 0 Å². The molecule has 8 aromatic rings. The van der Waals surface area contributed by atoms with Crippen molar-refractivity contribution in [3.05, 3.63) is 192 Å². The van der Waals surface area contributed by atoms with E-state index in [9.17, 15) is 0 Å². The van der Waals surface area contributed by atoms with E-state index in [4.69, 9.17) is 0 Å². The van der Waals surface area contributed by atoms with E-state index in [1.807, 2.05) is 0 Å². The van der Waals surface area contributed by atoms with Crippen molar-refractivity contribution in [2.45, 2.75) is 26.2 Å². The Bertz CT molecular complexity index is 3010. The van der Waals surface area contributed by atoms with Crippen LogP contribution >= 0.6 is 0 Å².